The van der Waals surface area contributed by atoms with Gasteiger partial charge in [-0.25, -0.2) is 4.79 Å². The first kappa shape index (κ1) is 16.2. The zero-order valence-electron chi connectivity index (χ0n) is 14.0. The molecule has 0 amide bonds. The van der Waals surface area contributed by atoms with Gasteiger partial charge in [0.1, 0.15) is 17.1 Å². The molecule has 4 heteroatoms. The number of fused-ring (bicyclic) bond motifs is 3. The average molecular weight is 316 g/mol. The van der Waals surface area contributed by atoms with Crippen molar-refractivity contribution in [2.75, 3.05) is 0 Å². The van der Waals surface area contributed by atoms with E-state index < -0.39 is 23.1 Å². The number of aliphatic hydroxyl groups is 1. The molecule has 23 heavy (non-hydrogen) atoms. The van der Waals surface area contributed by atoms with Crippen molar-refractivity contribution in [2.45, 2.75) is 51.7 Å². The molecular weight excluding hydrogens is 292 g/mol. The highest BCUT2D eigenvalue weighted by molar-refractivity contribution is 6.07. The van der Waals surface area contributed by atoms with Gasteiger partial charge in [0.2, 0.25) is 0 Å². The van der Waals surface area contributed by atoms with Gasteiger partial charge in [0.15, 0.2) is 5.78 Å². The van der Waals surface area contributed by atoms with Gasteiger partial charge in [-0.05, 0) is 38.2 Å². The molecule has 5 atom stereocenters. The summed E-state index contributed by atoms with van der Waals surface area (Å²) in [6, 6.07) is 0. The number of rotatable bonds is 2. The van der Waals surface area contributed by atoms with Crippen LogP contribution in [0.1, 0.15) is 40.0 Å². The second-order valence-corrected chi connectivity index (χ2v) is 7.20. The van der Waals surface area contributed by atoms with Gasteiger partial charge in [-0.1, -0.05) is 32.6 Å². The van der Waals surface area contributed by atoms with Crippen molar-refractivity contribution in [3.05, 3.63) is 36.0 Å². The summed E-state index contributed by atoms with van der Waals surface area (Å²) in [5.74, 6) is -0.878. The molecule has 1 saturated carbocycles. The molecule has 0 spiro atoms. The Balaban J connectivity index is 2.13. The van der Waals surface area contributed by atoms with E-state index in [1.54, 1.807) is 19.1 Å². The van der Waals surface area contributed by atoms with Crippen LogP contribution >= 0.6 is 0 Å². The lowest BCUT2D eigenvalue weighted by Gasteiger charge is -2.43. The van der Waals surface area contributed by atoms with Crippen LogP contribution in [0.3, 0.4) is 0 Å². The van der Waals surface area contributed by atoms with E-state index in [9.17, 15) is 14.7 Å². The third-order valence-electron chi connectivity index (χ3n) is 6.01. The molecule has 0 radical (unpaired) electrons. The highest BCUT2D eigenvalue weighted by Crippen LogP contribution is 2.57. The first-order chi connectivity index (χ1) is 10.8. The summed E-state index contributed by atoms with van der Waals surface area (Å²) in [6.45, 7) is 9.54. The molecule has 3 aliphatic rings. The third kappa shape index (κ3) is 1.94. The topological polar surface area (TPSA) is 63.6 Å². The molecule has 1 aliphatic heterocycles. The lowest BCUT2D eigenvalue weighted by atomic mass is 9.64. The molecular formula is C19H24O4. The summed E-state index contributed by atoms with van der Waals surface area (Å²) < 4.78 is 5.53. The van der Waals surface area contributed by atoms with E-state index in [2.05, 4.69) is 6.58 Å². The molecule has 1 heterocycles. The summed E-state index contributed by atoms with van der Waals surface area (Å²) in [4.78, 5) is 25.1. The quantitative estimate of drug-likeness (QED) is 0.628. The molecule has 0 aromatic rings. The Kier molecular flexibility index (Phi) is 3.64. The minimum Gasteiger partial charge on any atom is -0.457 e. The van der Waals surface area contributed by atoms with E-state index in [1.165, 1.54) is 0 Å². The van der Waals surface area contributed by atoms with Crippen molar-refractivity contribution >= 4 is 11.8 Å². The Morgan fingerprint density at radius 2 is 2.13 bits per heavy atom. The lowest BCUT2D eigenvalue weighted by Crippen LogP contribution is -2.56. The number of esters is 1. The van der Waals surface area contributed by atoms with Gasteiger partial charge in [-0.15, -0.1) is 0 Å². The molecule has 124 valence electrons. The smallest absolute Gasteiger partial charge is 0.334 e. The molecule has 3 rings (SSSR count). The average Bonchev–Trinajstić information content (AvgIpc) is 2.89. The Morgan fingerprint density at radius 3 is 2.78 bits per heavy atom. The zero-order chi connectivity index (χ0) is 17.0. The second-order valence-electron chi connectivity index (χ2n) is 7.20. The summed E-state index contributed by atoms with van der Waals surface area (Å²) in [5.41, 5.74) is -1.52. The molecule has 0 aromatic heterocycles. The summed E-state index contributed by atoms with van der Waals surface area (Å²) in [5, 5.41) is 11.4. The van der Waals surface area contributed by atoms with Crippen LogP contribution in [-0.2, 0) is 14.3 Å². The summed E-state index contributed by atoms with van der Waals surface area (Å²) >= 11 is 0. The molecule has 1 saturated heterocycles. The molecule has 1 N–H and O–H groups in total. The maximum Gasteiger partial charge on any atom is 0.334 e. The number of ether oxygens (including phenoxy) is 1. The van der Waals surface area contributed by atoms with E-state index in [4.69, 9.17) is 4.74 Å². The van der Waals surface area contributed by atoms with Crippen molar-refractivity contribution in [2.24, 2.45) is 17.3 Å². The highest BCUT2D eigenvalue weighted by Gasteiger charge is 2.68. The predicted octanol–water partition coefficient (Wildman–Crippen LogP) is 2.73. The van der Waals surface area contributed by atoms with Crippen molar-refractivity contribution in [1.82, 2.24) is 0 Å². The van der Waals surface area contributed by atoms with E-state index in [1.807, 2.05) is 19.9 Å². The zero-order valence-corrected chi connectivity index (χ0v) is 14.0. The molecule has 2 fully saturated rings. The molecule has 2 aliphatic carbocycles. The van der Waals surface area contributed by atoms with Gasteiger partial charge in [0, 0.05) is 17.1 Å². The number of allylic oxidation sites excluding steroid dienone is 3. The van der Waals surface area contributed by atoms with Crippen LogP contribution in [0.4, 0.5) is 0 Å². The highest BCUT2D eigenvalue weighted by atomic mass is 16.6. The first-order valence-corrected chi connectivity index (χ1v) is 8.33. The number of hydrogen-bond donors (Lipinski definition) is 1. The molecule has 0 bridgehead atoms. The van der Waals surface area contributed by atoms with E-state index >= 15 is 0 Å². The Bertz CT molecular complexity index is 644. The van der Waals surface area contributed by atoms with Gasteiger partial charge < -0.3 is 9.84 Å². The summed E-state index contributed by atoms with van der Waals surface area (Å²) in [7, 11) is 0. The molecule has 4 nitrogen and oxygen atoms in total. The fourth-order valence-corrected chi connectivity index (χ4v) is 4.42. The maximum atomic E-state index is 13.1. The van der Waals surface area contributed by atoms with Crippen LogP contribution in [0.25, 0.3) is 0 Å². The minimum absolute atomic E-state index is 0.0962. The Hall–Kier alpha value is -1.68. The van der Waals surface area contributed by atoms with E-state index in [-0.39, 0.29) is 17.6 Å². The van der Waals surface area contributed by atoms with Crippen LogP contribution in [0, 0.1) is 17.3 Å². The van der Waals surface area contributed by atoms with E-state index in [0.717, 1.165) is 12.8 Å². The van der Waals surface area contributed by atoms with Gasteiger partial charge >= 0.3 is 5.97 Å². The van der Waals surface area contributed by atoms with Crippen LogP contribution < -0.4 is 0 Å². The van der Waals surface area contributed by atoms with Crippen molar-refractivity contribution in [1.29, 1.82) is 0 Å². The van der Waals surface area contributed by atoms with Gasteiger partial charge in [-0.3, -0.25) is 4.79 Å². The Labute approximate surface area is 136 Å². The second kappa shape index (κ2) is 5.17. The lowest BCUT2D eigenvalue weighted by molar-refractivity contribution is -0.166. The normalized spacial score (nSPS) is 43.2. The third-order valence-corrected chi connectivity index (χ3v) is 6.01. The molecule has 0 unspecified atom stereocenters. The number of carbonyl (C=O) groups excluding carboxylic acids is 2. The minimum atomic E-state index is -1.30. The monoisotopic (exact) mass is 316 g/mol. The van der Waals surface area contributed by atoms with Crippen molar-refractivity contribution < 1.29 is 19.4 Å². The maximum absolute atomic E-state index is 13.1. The largest absolute Gasteiger partial charge is 0.457 e. The summed E-state index contributed by atoms with van der Waals surface area (Å²) in [6.07, 6.45) is 6.95. The van der Waals surface area contributed by atoms with Crippen molar-refractivity contribution in [3.8, 4) is 0 Å². The molecule has 0 aromatic carbocycles. The number of ketones is 1. The Morgan fingerprint density at radius 1 is 1.43 bits per heavy atom. The van der Waals surface area contributed by atoms with E-state index in [0.29, 0.717) is 17.6 Å². The van der Waals surface area contributed by atoms with Crippen LogP contribution in [0.5, 0.6) is 0 Å². The van der Waals surface area contributed by atoms with Crippen LogP contribution in [-0.4, -0.2) is 28.6 Å². The standard InChI is InChI=1S/C19H24O4/c1-5-6-7-13-10-19(22)11(2)8-9-14-12(3)17(21)23-16(14)18(19,4)15(13)20/h6-7,10-11,14,16,22H,3,5,8-9H2,1-2,4H3/b7-6+/t11-,14-,16+,18-,19+/m0/s1. The number of hydrogen-bond acceptors (Lipinski definition) is 4. The fraction of sp³-hybridized carbons (Fsp3) is 0.579. The SMILES string of the molecule is C=C1C(=O)O[C@@H]2[C@H]1CC[C@H](C)[C@]1(O)C=C(/C=C/CC)C(=O)[C@@]21C. The predicted molar refractivity (Wildman–Crippen MR) is 86.5 cm³/mol. The van der Waals surface area contributed by atoms with Gasteiger partial charge in [0.05, 0.1) is 0 Å². The fourth-order valence-electron chi connectivity index (χ4n) is 4.42. The number of Topliss-reactive ketones (excluding diaryl/α,β-unsaturated/α-hetero) is 1. The van der Waals surface area contributed by atoms with Crippen LogP contribution in [0.2, 0.25) is 0 Å². The first-order valence-electron chi connectivity index (χ1n) is 8.33. The van der Waals surface area contributed by atoms with Gasteiger partial charge in [-0.2, -0.15) is 0 Å². The van der Waals surface area contributed by atoms with Gasteiger partial charge in [0.25, 0.3) is 0 Å². The van der Waals surface area contributed by atoms with Crippen molar-refractivity contribution in [3.63, 3.8) is 0 Å². The number of carbonyl (C=O) groups is 2. The van der Waals surface area contributed by atoms with Crippen LogP contribution in [0.15, 0.2) is 36.0 Å².